The number of hydrogen-bond acceptors (Lipinski definition) is 6. The summed E-state index contributed by atoms with van der Waals surface area (Å²) in [4.78, 5) is 2.67. The number of hydrogen-bond donors (Lipinski definition) is 1. The van der Waals surface area contributed by atoms with Crippen molar-refractivity contribution in [3.63, 3.8) is 0 Å². The van der Waals surface area contributed by atoms with E-state index in [0.717, 1.165) is 63.8 Å². The van der Waals surface area contributed by atoms with Gasteiger partial charge in [0.2, 0.25) is 0 Å². The number of nitrogens with one attached hydrogen (secondary N) is 1. The van der Waals surface area contributed by atoms with Crippen LogP contribution in [0, 0.1) is 0 Å². The molecule has 2 fully saturated rings. The lowest BCUT2D eigenvalue weighted by Crippen LogP contribution is -2.58. The predicted octanol–water partition coefficient (Wildman–Crippen LogP) is 2.71. The number of nitrogens with zero attached hydrogens (tertiary/aromatic N) is 1. The van der Waals surface area contributed by atoms with Crippen molar-refractivity contribution in [2.75, 3.05) is 58.1 Å². The standard InChI is InChI=1S/C20H30N2O3S/c1-23-16-4-5-19-17(13-16)18(3-2-9-25-19)21-14-20(6-12-26-15-20)22-7-10-24-11-8-22/h4-5,13,18,21H,2-3,6-12,14-15H2,1H3. The quantitative estimate of drug-likeness (QED) is 0.850. The molecule has 6 heteroatoms. The zero-order chi connectivity index (χ0) is 17.8. The third kappa shape index (κ3) is 3.84. The molecule has 1 aromatic rings. The smallest absolute Gasteiger partial charge is 0.124 e. The molecule has 0 saturated carbocycles. The Morgan fingerprint density at radius 2 is 2.19 bits per heavy atom. The second-order valence-corrected chi connectivity index (χ2v) is 8.56. The lowest BCUT2D eigenvalue weighted by Gasteiger charge is -2.43. The van der Waals surface area contributed by atoms with Gasteiger partial charge in [0.05, 0.1) is 26.9 Å². The molecule has 2 atom stereocenters. The van der Waals surface area contributed by atoms with E-state index in [-0.39, 0.29) is 5.54 Å². The molecule has 2 saturated heterocycles. The number of rotatable bonds is 5. The van der Waals surface area contributed by atoms with Gasteiger partial charge >= 0.3 is 0 Å². The Kier molecular flexibility index (Phi) is 5.93. The molecular weight excluding hydrogens is 348 g/mol. The van der Waals surface area contributed by atoms with Gasteiger partial charge in [0.25, 0.3) is 0 Å². The third-order valence-electron chi connectivity index (χ3n) is 5.93. The van der Waals surface area contributed by atoms with Crippen LogP contribution in [-0.4, -0.2) is 68.5 Å². The SMILES string of the molecule is COc1ccc2c(c1)C(NCC1(N3CCOCC3)CCSC1)CCCO2. The molecule has 0 amide bonds. The van der Waals surface area contributed by atoms with Crippen molar-refractivity contribution in [3.05, 3.63) is 23.8 Å². The number of benzene rings is 1. The first-order chi connectivity index (χ1) is 12.8. The lowest BCUT2D eigenvalue weighted by atomic mass is 9.93. The van der Waals surface area contributed by atoms with E-state index in [1.807, 2.05) is 6.07 Å². The molecule has 26 heavy (non-hydrogen) atoms. The van der Waals surface area contributed by atoms with E-state index in [2.05, 4.69) is 34.1 Å². The van der Waals surface area contributed by atoms with E-state index < -0.39 is 0 Å². The average Bonchev–Trinajstić information content (AvgIpc) is 3.09. The molecule has 1 aromatic carbocycles. The van der Waals surface area contributed by atoms with Crippen LogP contribution in [0.5, 0.6) is 11.5 Å². The topological polar surface area (TPSA) is 43.0 Å². The van der Waals surface area contributed by atoms with Crippen LogP contribution < -0.4 is 14.8 Å². The van der Waals surface area contributed by atoms with Gasteiger partial charge in [-0.15, -0.1) is 0 Å². The molecule has 5 nitrogen and oxygen atoms in total. The van der Waals surface area contributed by atoms with Gasteiger partial charge in [-0.2, -0.15) is 11.8 Å². The largest absolute Gasteiger partial charge is 0.497 e. The zero-order valence-electron chi connectivity index (χ0n) is 15.7. The molecule has 0 bridgehead atoms. The van der Waals surface area contributed by atoms with Gasteiger partial charge in [0, 0.05) is 42.5 Å². The van der Waals surface area contributed by atoms with E-state index in [9.17, 15) is 0 Å². The van der Waals surface area contributed by atoms with Crippen LogP contribution in [0.25, 0.3) is 0 Å². The van der Waals surface area contributed by atoms with E-state index in [1.165, 1.54) is 23.5 Å². The first-order valence-corrected chi connectivity index (χ1v) is 10.9. The van der Waals surface area contributed by atoms with Crippen molar-refractivity contribution in [2.24, 2.45) is 0 Å². The van der Waals surface area contributed by atoms with Gasteiger partial charge in [-0.25, -0.2) is 0 Å². The Bertz CT molecular complexity index is 601. The maximum Gasteiger partial charge on any atom is 0.124 e. The van der Waals surface area contributed by atoms with Crippen LogP contribution in [-0.2, 0) is 4.74 Å². The Hall–Kier alpha value is -0.950. The van der Waals surface area contributed by atoms with Gasteiger partial charge < -0.3 is 19.5 Å². The first kappa shape index (κ1) is 18.4. The Balaban J connectivity index is 1.51. The Morgan fingerprint density at radius 1 is 1.31 bits per heavy atom. The maximum absolute atomic E-state index is 5.96. The summed E-state index contributed by atoms with van der Waals surface area (Å²) in [5.41, 5.74) is 1.50. The van der Waals surface area contributed by atoms with Crippen molar-refractivity contribution >= 4 is 11.8 Å². The summed E-state index contributed by atoms with van der Waals surface area (Å²) in [6.07, 6.45) is 3.44. The Labute approximate surface area is 160 Å². The monoisotopic (exact) mass is 378 g/mol. The second-order valence-electron chi connectivity index (χ2n) is 7.45. The summed E-state index contributed by atoms with van der Waals surface area (Å²) in [5, 5.41) is 3.92. The van der Waals surface area contributed by atoms with E-state index in [1.54, 1.807) is 7.11 Å². The van der Waals surface area contributed by atoms with Crippen molar-refractivity contribution < 1.29 is 14.2 Å². The van der Waals surface area contributed by atoms with Crippen LogP contribution in [0.1, 0.15) is 30.9 Å². The average molecular weight is 379 g/mol. The van der Waals surface area contributed by atoms with Crippen LogP contribution in [0.4, 0.5) is 0 Å². The Morgan fingerprint density at radius 3 is 2.96 bits per heavy atom. The van der Waals surface area contributed by atoms with Gasteiger partial charge in [0.15, 0.2) is 0 Å². The number of thioether (sulfide) groups is 1. The molecule has 1 N–H and O–H groups in total. The fourth-order valence-electron chi connectivity index (χ4n) is 4.34. The summed E-state index contributed by atoms with van der Waals surface area (Å²) in [5.74, 6) is 4.38. The number of methoxy groups -OCH3 is 1. The number of ether oxygens (including phenoxy) is 3. The van der Waals surface area contributed by atoms with Gasteiger partial charge in [-0.05, 0) is 43.2 Å². The molecule has 144 valence electrons. The molecule has 0 spiro atoms. The number of morpholine rings is 1. The van der Waals surface area contributed by atoms with Crippen molar-refractivity contribution in [1.29, 1.82) is 0 Å². The second kappa shape index (κ2) is 8.38. The van der Waals surface area contributed by atoms with Gasteiger partial charge in [0.1, 0.15) is 11.5 Å². The normalized spacial score (nSPS) is 29.7. The fourth-order valence-corrected chi connectivity index (χ4v) is 5.82. The van der Waals surface area contributed by atoms with Gasteiger partial charge in [-0.3, -0.25) is 4.90 Å². The highest BCUT2D eigenvalue weighted by Crippen LogP contribution is 2.37. The summed E-state index contributed by atoms with van der Waals surface area (Å²) in [6.45, 7) is 5.66. The molecule has 3 heterocycles. The molecule has 0 aliphatic carbocycles. The van der Waals surface area contributed by atoms with Crippen LogP contribution in [0.15, 0.2) is 18.2 Å². The molecular formula is C20H30N2O3S. The molecule has 3 aliphatic heterocycles. The lowest BCUT2D eigenvalue weighted by molar-refractivity contribution is -0.0141. The van der Waals surface area contributed by atoms with Gasteiger partial charge in [-0.1, -0.05) is 0 Å². The molecule has 0 radical (unpaired) electrons. The molecule has 2 unspecified atom stereocenters. The minimum absolute atomic E-state index is 0.265. The maximum atomic E-state index is 5.96. The third-order valence-corrected chi connectivity index (χ3v) is 7.16. The highest BCUT2D eigenvalue weighted by Gasteiger charge is 2.41. The van der Waals surface area contributed by atoms with Crippen molar-refractivity contribution in [1.82, 2.24) is 10.2 Å². The first-order valence-electron chi connectivity index (χ1n) is 9.75. The predicted molar refractivity (Wildman–Crippen MR) is 106 cm³/mol. The summed E-state index contributed by atoms with van der Waals surface area (Å²) in [6, 6.07) is 6.51. The van der Waals surface area contributed by atoms with E-state index in [0.29, 0.717) is 6.04 Å². The fraction of sp³-hybridized carbons (Fsp3) is 0.700. The molecule has 0 aromatic heterocycles. The van der Waals surface area contributed by atoms with E-state index in [4.69, 9.17) is 14.2 Å². The summed E-state index contributed by atoms with van der Waals surface area (Å²) in [7, 11) is 1.73. The summed E-state index contributed by atoms with van der Waals surface area (Å²) >= 11 is 2.09. The van der Waals surface area contributed by atoms with Crippen LogP contribution in [0.3, 0.4) is 0 Å². The number of fused-ring (bicyclic) bond motifs is 1. The van der Waals surface area contributed by atoms with Crippen molar-refractivity contribution in [3.8, 4) is 11.5 Å². The minimum atomic E-state index is 0.265. The van der Waals surface area contributed by atoms with Crippen molar-refractivity contribution in [2.45, 2.75) is 30.8 Å². The molecule has 4 rings (SSSR count). The zero-order valence-corrected chi connectivity index (χ0v) is 16.5. The van der Waals surface area contributed by atoms with Crippen LogP contribution in [0.2, 0.25) is 0 Å². The molecule has 3 aliphatic rings. The highest BCUT2D eigenvalue weighted by atomic mass is 32.2. The minimum Gasteiger partial charge on any atom is -0.497 e. The highest BCUT2D eigenvalue weighted by molar-refractivity contribution is 7.99. The summed E-state index contributed by atoms with van der Waals surface area (Å²) < 4.78 is 17.0. The van der Waals surface area contributed by atoms with E-state index >= 15 is 0 Å². The van der Waals surface area contributed by atoms with Crippen LogP contribution >= 0.6 is 11.8 Å².